The van der Waals surface area contributed by atoms with Gasteiger partial charge >= 0.3 is 6.18 Å². The summed E-state index contributed by atoms with van der Waals surface area (Å²) in [6, 6.07) is 14.3. The molecule has 4 nitrogen and oxygen atoms in total. The van der Waals surface area contributed by atoms with Gasteiger partial charge in [0.2, 0.25) is 11.7 Å². The Morgan fingerprint density at radius 2 is 1.83 bits per heavy atom. The van der Waals surface area contributed by atoms with Crippen molar-refractivity contribution in [3.63, 3.8) is 0 Å². The molecule has 1 aliphatic rings. The van der Waals surface area contributed by atoms with Crippen molar-refractivity contribution in [2.75, 3.05) is 11.4 Å². The Morgan fingerprint density at radius 3 is 2.62 bits per heavy atom. The monoisotopic (exact) mass is 417 g/mol. The maximum atomic E-state index is 13.2. The van der Waals surface area contributed by atoms with Crippen molar-refractivity contribution in [3.8, 4) is 0 Å². The number of thioether (sulfide) groups is 1. The second-order valence-corrected chi connectivity index (χ2v) is 8.18. The van der Waals surface area contributed by atoms with Crippen LogP contribution in [0.3, 0.4) is 0 Å². The molecule has 8 heteroatoms. The molecule has 4 rings (SSSR count). The second kappa shape index (κ2) is 7.67. The fourth-order valence-corrected chi connectivity index (χ4v) is 4.47. The summed E-state index contributed by atoms with van der Waals surface area (Å²) in [6.07, 6.45) is -2.89. The van der Waals surface area contributed by atoms with E-state index in [1.807, 2.05) is 24.3 Å². The van der Waals surface area contributed by atoms with Crippen LogP contribution in [0.5, 0.6) is 0 Å². The highest BCUT2D eigenvalue weighted by molar-refractivity contribution is 8.00. The normalized spacial score (nSPS) is 15.2. The molecule has 150 valence electrons. The number of alkyl halides is 3. The Balaban J connectivity index is 1.66. The number of aromatic nitrogens is 2. The molecule has 1 amide bonds. The number of hydrogen-bond donors (Lipinski definition) is 0. The van der Waals surface area contributed by atoms with Gasteiger partial charge in [-0.05, 0) is 37.5 Å². The van der Waals surface area contributed by atoms with Gasteiger partial charge in [0, 0.05) is 17.6 Å². The van der Waals surface area contributed by atoms with E-state index in [0.717, 1.165) is 35.9 Å². The first kappa shape index (κ1) is 19.7. The average molecular weight is 417 g/mol. The molecule has 0 aliphatic carbocycles. The van der Waals surface area contributed by atoms with Crippen molar-refractivity contribution in [2.24, 2.45) is 0 Å². The van der Waals surface area contributed by atoms with Crippen LogP contribution in [0.15, 0.2) is 53.6 Å². The van der Waals surface area contributed by atoms with Crippen molar-refractivity contribution in [3.05, 3.63) is 59.9 Å². The lowest BCUT2D eigenvalue weighted by Crippen LogP contribution is -2.40. The molecule has 3 aromatic rings. The van der Waals surface area contributed by atoms with E-state index in [0.29, 0.717) is 11.9 Å². The molecule has 0 fully saturated rings. The number of nitrogens with zero attached hydrogens (tertiary/aromatic N) is 3. The summed E-state index contributed by atoms with van der Waals surface area (Å²) < 4.78 is 39.7. The molecular formula is C21H18F3N3OS. The smallest absolute Gasteiger partial charge is 0.311 e. The number of aryl methyl sites for hydroxylation is 1. The third kappa shape index (κ3) is 3.94. The molecule has 0 saturated carbocycles. The largest absolute Gasteiger partial charge is 0.451 e. The summed E-state index contributed by atoms with van der Waals surface area (Å²) in [5, 5.41) is 0.0683. The van der Waals surface area contributed by atoms with Crippen molar-refractivity contribution in [2.45, 2.75) is 36.2 Å². The average Bonchev–Trinajstić information content (AvgIpc) is 2.72. The number of halogens is 3. The Bertz CT molecular complexity index is 1070. The minimum atomic E-state index is -4.65. The number of hydrogen-bond acceptors (Lipinski definition) is 4. The molecule has 0 radical (unpaired) electrons. The number of rotatable bonds is 3. The highest BCUT2D eigenvalue weighted by Crippen LogP contribution is 2.35. The van der Waals surface area contributed by atoms with E-state index in [1.165, 1.54) is 6.07 Å². The number of carbonyl (C=O) groups excluding carboxylic acids is 1. The third-order valence-electron chi connectivity index (χ3n) is 4.83. The Labute approximate surface area is 170 Å². The minimum Gasteiger partial charge on any atom is -0.311 e. The first-order valence-corrected chi connectivity index (χ1v) is 10.1. The predicted octanol–water partition coefficient (Wildman–Crippen LogP) is 5.11. The number of anilines is 1. The minimum absolute atomic E-state index is 0.140. The zero-order valence-corrected chi connectivity index (χ0v) is 16.4. The Morgan fingerprint density at radius 1 is 1.10 bits per heavy atom. The molecule has 0 saturated heterocycles. The highest BCUT2D eigenvalue weighted by atomic mass is 32.2. The van der Waals surface area contributed by atoms with Crippen LogP contribution in [0.4, 0.5) is 18.9 Å². The predicted molar refractivity (Wildman–Crippen MR) is 107 cm³/mol. The van der Waals surface area contributed by atoms with Gasteiger partial charge in [-0.1, -0.05) is 48.2 Å². The lowest BCUT2D eigenvalue weighted by Gasteiger charge is -2.31. The number of carbonyl (C=O) groups is 1. The Hall–Kier alpha value is -2.61. The SMILES string of the molecule is CC(Sc1nc(C(F)(F)F)nc2ccccc12)C(=O)N1CCCc2ccccc21. The standard InChI is InChI=1S/C21H18F3N3OS/c1-13(19(28)27-12-6-8-14-7-2-5-11-17(14)27)29-18-15-9-3-4-10-16(15)25-20(26-18)21(22,23)24/h2-5,7,9-11,13H,6,8,12H2,1H3. The number of fused-ring (bicyclic) bond motifs is 2. The number of amides is 1. The van der Waals surface area contributed by atoms with Gasteiger partial charge in [0.05, 0.1) is 10.8 Å². The van der Waals surface area contributed by atoms with E-state index in [-0.39, 0.29) is 16.4 Å². The van der Waals surface area contributed by atoms with E-state index >= 15 is 0 Å². The second-order valence-electron chi connectivity index (χ2n) is 6.85. The van der Waals surface area contributed by atoms with Gasteiger partial charge in [-0.2, -0.15) is 13.2 Å². The van der Waals surface area contributed by atoms with E-state index < -0.39 is 17.3 Å². The highest BCUT2D eigenvalue weighted by Gasteiger charge is 2.36. The van der Waals surface area contributed by atoms with Gasteiger partial charge in [-0.3, -0.25) is 4.79 Å². The first-order valence-electron chi connectivity index (χ1n) is 9.24. The van der Waals surface area contributed by atoms with Crippen LogP contribution in [0.1, 0.15) is 24.7 Å². The van der Waals surface area contributed by atoms with Crippen LogP contribution >= 0.6 is 11.8 Å². The van der Waals surface area contributed by atoms with E-state index in [4.69, 9.17) is 0 Å². The van der Waals surface area contributed by atoms with Crippen LogP contribution in [-0.2, 0) is 17.4 Å². The molecular weight excluding hydrogens is 399 g/mol. The van der Waals surface area contributed by atoms with Crippen LogP contribution in [0, 0.1) is 0 Å². The van der Waals surface area contributed by atoms with Crippen molar-refractivity contribution < 1.29 is 18.0 Å². The maximum absolute atomic E-state index is 13.2. The van der Waals surface area contributed by atoms with Gasteiger partial charge in [-0.25, -0.2) is 9.97 Å². The van der Waals surface area contributed by atoms with Gasteiger partial charge in [0.15, 0.2) is 0 Å². The summed E-state index contributed by atoms with van der Waals surface area (Å²) >= 11 is 1.04. The lowest BCUT2D eigenvalue weighted by atomic mass is 10.0. The quantitative estimate of drug-likeness (QED) is 0.439. The van der Waals surface area contributed by atoms with Crippen molar-refractivity contribution >= 4 is 34.3 Å². The molecule has 0 N–H and O–H groups in total. The number of para-hydroxylation sites is 2. The molecule has 0 bridgehead atoms. The van der Waals surface area contributed by atoms with Gasteiger partial charge in [0.1, 0.15) is 5.03 Å². The molecule has 1 atom stereocenters. The van der Waals surface area contributed by atoms with E-state index in [9.17, 15) is 18.0 Å². The molecule has 1 aliphatic heterocycles. The number of benzene rings is 2. The molecule has 29 heavy (non-hydrogen) atoms. The summed E-state index contributed by atoms with van der Waals surface area (Å²) in [4.78, 5) is 22.2. The molecule has 1 aromatic heterocycles. The van der Waals surface area contributed by atoms with Crippen molar-refractivity contribution in [1.82, 2.24) is 9.97 Å². The summed E-state index contributed by atoms with van der Waals surface area (Å²) in [6.45, 7) is 2.30. The molecule has 2 heterocycles. The zero-order chi connectivity index (χ0) is 20.6. The summed E-state index contributed by atoms with van der Waals surface area (Å²) in [5.74, 6) is -1.33. The van der Waals surface area contributed by atoms with Gasteiger partial charge < -0.3 is 4.90 Å². The van der Waals surface area contributed by atoms with Crippen LogP contribution in [0.2, 0.25) is 0 Å². The molecule has 2 aromatic carbocycles. The van der Waals surface area contributed by atoms with E-state index in [2.05, 4.69) is 9.97 Å². The van der Waals surface area contributed by atoms with Crippen molar-refractivity contribution in [1.29, 1.82) is 0 Å². The lowest BCUT2D eigenvalue weighted by molar-refractivity contribution is -0.145. The van der Waals surface area contributed by atoms with Crippen LogP contribution < -0.4 is 4.90 Å². The Kier molecular flexibility index (Phi) is 5.21. The maximum Gasteiger partial charge on any atom is 0.451 e. The summed E-state index contributed by atoms with van der Waals surface area (Å²) in [5.41, 5.74) is 2.19. The fourth-order valence-electron chi connectivity index (χ4n) is 3.46. The zero-order valence-electron chi connectivity index (χ0n) is 15.6. The fraction of sp³-hybridized carbons (Fsp3) is 0.286. The topological polar surface area (TPSA) is 46.1 Å². The third-order valence-corrected chi connectivity index (χ3v) is 5.92. The summed E-state index contributed by atoms with van der Waals surface area (Å²) in [7, 11) is 0. The molecule has 1 unspecified atom stereocenters. The first-order chi connectivity index (χ1) is 13.8. The van der Waals surface area contributed by atoms with Crippen LogP contribution in [0.25, 0.3) is 10.9 Å². The molecule has 0 spiro atoms. The van der Waals surface area contributed by atoms with Gasteiger partial charge in [0.25, 0.3) is 0 Å². The van der Waals surface area contributed by atoms with Crippen LogP contribution in [-0.4, -0.2) is 27.7 Å². The van der Waals surface area contributed by atoms with E-state index in [1.54, 1.807) is 30.0 Å². The van der Waals surface area contributed by atoms with Gasteiger partial charge in [-0.15, -0.1) is 0 Å².